The Bertz CT molecular complexity index is 736. The number of amides is 1. The van der Waals surface area contributed by atoms with Crippen LogP contribution in [0, 0.1) is 0 Å². The lowest BCUT2D eigenvalue weighted by atomic mass is 9.90. The molecule has 2 saturated heterocycles. The minimum atomic E-state index is -1.67. The van der Waals surface area contributed by atoms with E-state index in [9.17, 15) is 4.79 Å². The molecule has 2 aliphatic heterocycles. The van der Waals surface area contributed by atoms with Crippen molar-refractivity contribution in [2.45, 2.75) is 90.0 Å². The summed E-state index contributed by atoms with van der Waals surface area (Å²) in [6.45, 7) is 20.8. The Morgan fingerprint density at radius 1 is 1.10 bits per heavy atom. The van der Waals surface area contributed by atoms with Crippen LogP contribution < -0.4 is 4.63 Å². The first kappa shape index (κ1) is 22.8. The van der Waals surface area contributed by atoms with E-state index in [1.54, 1.807) is 0 Å². The second-order valence-electron chi connectivity index (χ2n) is 11.1. The van der Waals surface area contributed by atoms with E-state index in [0.29, 0.717) is 11.8 Å². The van der Waals surface area contributed by atoms with Crippen LogP contribution in [0.3, 0.4) is 0 Å². The van der Waals surface area contributed by atoms with Crippen molar-refractivity contribution in [3.8, 4) is 0 Å². The second kappa shape index (κ2) is 7.97. The predicted molar refractivity (Wildman–Crippen MR) is 122 cm³/mol. The summed E-state index contributed by atoms with van der Waals surface area (Å²) in [6.07, 6.45) is 1.78. The van der Waals surface area contributed by atoms with Crippen LogP contribution >= 0.6 is 11.3 Å². The SMILES string of the molecule is CC(C)(C)OC(=O)N1CCC(c2sc([Si](C)(C)C(C)(C)C)nc2C2COC2)CC1. The Labute approximate surface area is 181 Å². The van der Waals surface area contributed by atoms with Gasteiger partial charge in [-0.25, -0.2) is 4.79 Å². The highest BCUT2D eigenvalue weighted by atomic mass is 32.1. The number of likely N-dealkylation sites (tertiary alicyclic amines) is 1. The lowest BCUT2D eigenvalue weighted by Crippen LogP contribution is -2.49. The maximum absolute atomic E-state index is 12.4. The monoisotopic (exact) mass is 438 g/mol. The summed E-state index contributed by atoms with van der Waals surface area (Å²) in [5.41, 5.74) is 0.845. The molecule has 0 bridgehead atoms. The molecule has 2 aliphatic rings. The fourth-order valence-corrected chi connectivity index (χ4v) is 7.94. The third kappa shape index (κ3) is 4.88. The Morgan fingerprint density at radius 3 is 2.14 bits per heavy atom. The van der Waals surface area contributed by atoms with Crippen LogP contribution in [0.1, 0.15) is 76.8 Å². The van der Waals surface area contributed by atoms with Gasteiger partial charge in [0, 0.05) is 23.9 Å². The second-order valence-corrected chi connectivity index (χ2v) is 17.7. The molecule has 0 N–H and O–H groups in total. The van der Waals surface area contributed by atoms with E-state index in [4.69, 9.17) is 14.5 Å². The zero-order valence-electron chi connectivity index (χ0n) is 19.4. The number of hydrogen-bond donors (Lipinski definition) is 0. The Balaban J connectivity index is 1.78. The van der Waals surface area contributed by atoms with Gasteiger partial charge in [0.25, 0.3) is 0 Å². The van der Waals surface area contributed by atoms with Crippen LogP contribution in [0.2, 0.25) is 18.1 Å². The molecule has 0 atom stereocenters. The number of hydrogen-bond acceptors (Lipinski definition) is 5. The zero-order chi connectivity index (χ0) is 21.6. The Morgan fingerprint density at radius 2 is 1.69 bits per heavy atom. The molecule has 2 fully saturated rings. The fraction of sp³-hybridized carbons (Fsp3) is 0.818. The number of ether oxygens (including phenoxy) is 2. The lowest BCUT2D eigenvalue weighted by molar-refractivity contribution is 0.00626. The first-order valence-electron chi connectivity index (χ1n) is 10.9. The molecule has 29 heavy (non-hydrogen) atoms. The third-order valence-electron chi connectivity index (χ3n) is 6.63. The first-order chi connectivity index (χ1) is 13.3. The van der Waals surface area contributed by atoms with Gasteiger partial charge in [0.05, 0.1) is 23.5 Å². The highest BCUT2D eigenvalue weighted by molar-refractivity contribution is 7.26. The van der Waals surface area contributed by atoms with Gasteiger partial charge in [-0.3, -0.25) is 4.98 Å². The number of carbonyl (C=O) groups is 1. The number of piperidine rings is 1. The molecule has 5 nitrogen and oxygen atoms in total. The van der Waals surface area contributed by atoms with E-state index in [1.165, 1.54) is 15.2 Å². The molecule has 0 unspecified atom stereocenters. The average Bonchev–Trinajstić information content (AvgIpc) is 2.96. The van der Waals surface area contributed by atoms with Gasteiger partial charge < -0.3 is 14.4 Å². The molecule has 1 amide bonds. The maximum Gasteiger partial charge on any atom is 0.410 e. The zero-order valence-corrected chi connectivity index (χ0v) is 21.2. The number of thiazole rings is 1. The smallest absolute Gasteiger partial charge is 0.410 e. The van der Waals surface area contributed by atoms with Gasteiger partial charge in [-0.05, 0) is 44.6 Å². The van der Waals surface area contributed by atoms with Gasteiger partial charge in [-0.15, -0.1) is 11.3 Å². The van der Waals surface area contributed by atoms with Gasteiger partial charge >= 0.3 is 6.09 Å². The molecular weight excluding hydrogens is 400 g/mol. The van der Waals surface area contributed by atoms with Crippen LogP contribution in [-0.4, -0.2) is 56.0 Å². The van der Waals surface area contributed by atoms with Crippen LogP contribution in [0.5, 0.6) is 0 Å². The third-order valence-corrected chi connectivity index (χ3v) is 14.4. The van der Waals surface area contributed by atoms with Gasteiger partial charge in [0.15, 0.2) is 0 Å². The Hall–Kier alpha value is -0.923. The average molecular weight is 439 g/mol. The molecule has 164 valence electrons. The van der Waals surface area contributed by atoms with Crippen LogP contribution in [0.15, 0.2) is 0 Å². The number of aromatic nitrogens is 1. The summed E-state index contributed by atoms with van der Waals surface area (Å²) in [5.74, 6) is 0.934. The number of carbonyl (C=O) groups excluding carboxylic acids is 1. The van der Waals surface area contributed by atoms with Crippen molar-refractivity contribution in [2.24, 2.45) is 0 Å². The van der Waals surface area contributed by atoms with Crippen molar-refractivity contribution in [1.82, 2.24) is 9.88 Å². The van der Waals surface area contributed by atoms with Gasteiger partial charge in [0.2, 0.25) is 0 Å². The van der Waals surface area contributed by atoms with E-state index in [2.05, 4.69) is 33.9 Å². The summed E-state index contributed by atoms with van der Waals surface area (Å²) in [6, 6.07) is 0. The fourth-order valence-electron chi connectivity index (χ4n) is 3.56. The summed E-state index contributed by atoms with van der Waals surface area (Å²) in [5, 5.41) is 0.273. The molecular formula is C22H38N2O3SSi. The maximum atomic E-state index is 12.4. The van der Waals surface area contributed by atoms with Crippen molar-refractivity contribution >= 4 is 30.1 Å². The molecule has 0 aliphatic carbocycles. The van der Waals surface area contributed by atoms with E-state index >= 15 is 0 Å². The minimum absolute atomic E-state index is 0.185. The highest BCUT2D eigenvalue weighted by Crippen LogP contribution is 2.41. The van der Waals surface area contributed by atoms with Crippen molar-refractivity contribution in [3.05, 3.63) is 10.6 Å². The molecule has 1 aromatic heterocycles. The van der Waals surface area contributed by atoms with Crippen LogP contribution in [-0.2, 0) is 9.47 Å². The number of nitrogens with zero attached hydrogens (tertiary/aromatic N) is 2. The largest absolute Gasteiger partial charge is 0.444 e. The summed E-state index contributed by atoms with van der Waals surface area (Å²) in [4.78, 5) is 21.0. The van der Waals surface area contributed by atoms with Crippen molar-refractivity contribution in [2.75, 3.05) is 26.3 Å². The normalized spacial score (nSPS) is 19.9. The van der Waals surface area contributed by atoms with E-state index in [-0.39, 0.29) is 11.1 Å². The Kier molecular flexibility index (Phi) is 6.25. The lowest BCUT2D eigenvalue weighted by Gasteiger charge is -2.35. The summed E-state index contributed by atoms with van der Waals surface area (Å²) >= 11 is 1.96. The van der Waals surface area contributed by atoms with Crippen molar-refractivity contribution in [3.63, 3.8) is 0 Å². The highest BCUT2D eigenvalue weighted by Gasteiger charge is 2.42. The standard InChI is InChI=1S/C22H38N2O3SSi/c1-21(2,3)27-20(25)24-11-9-15(10-12-24)18-17(16-13-26-14-16)23-19(28-18)29(7,8)22(4,5)6/h15-16H,9-14H2,1-8H3. The van der Waals surface area contributed by atoms with Crippen molar-refractivity contribution < 1.29 is 14.3 Å². The van der Waals surface area contributed by atoms with Crippen LogP contribution in [0.25, 0.3) is 0 Å². The number of rotatable bonds is 3. The minimum Gasteiger partial charge on any atom is -0.444 e. The molecule has 3 rings (SSSR count). The predicted octanol–water partition coefficient (Wildman–Crippen LogP) is 5.09. The summed E-state index contributed by atoms with van der Waals surface area (Å²) in [7, 11) is -1.67. The summed E-state index contributed by atoms with van der Waals surface area (Å²) < 4.78 is 12.4. The van der Waals surface area contributed by atoms with Gasteiger partial charge in [-0.2, -0.15) is 0 Å². The molecule has 3 heterocycles. The van der Waals surface area contributed by atoms with Gasteiger partial charge in [-0.1, -0.05) is 33.9 Å². The molecule has 0 saturated carbocycles. The van der Waals surface area contributed by atoms with E-state index in [1.807, 2.05) is 37.0 Å². The van der Waals surface area contributed by atoms with Gasteiger partial charge in [0.1, 0.15) is 13.7 Å². The van der Waals surface area contributed by atoms with Crippen LogP contribution in [0.4, 0.5) is 4.79 Å². The molecule has 7 heteroatoms. The molecule has 1 aromatic rings. The quantitative estimate of drug-likeness (QED) is 0.617. The topological polar surface area (TPSA) is 51.7 Å². The van der Waals surface area contributed by atoms with Crippen molar-refractivity contribution in [1.29, 1.82) is 0 Å². The molecule has 0 spiro atoms. The van der Waals surface area contributed by atoms with E-state index in [0.717, 1.165) is 39.1 Å². The van der Waals surface area contributed by atoms with E-state index < -0.39 is 13.7 Å². The first-order valence-corrected chi connectivity index (χ1v) is 14.7. The molecule has 0 radical (unpaired) electrons. The molecule has 0 aromatic carbocycles.